The molecule has 0 saturated carbocycles. The van der Waals surface area contributed by atoms with E-state index in [1.54, 1.807) is 5.54 Å². The van der Waals surface area contributed by atoms with Gasteiger partial charge in [-0.05, 0) is 25.9 Å². The molecule has 0 bridgehead atoms. The summed E-state index contributed by atoms with van der Waals surface area (Å²) in [6, 6.07) is 0. The summed E-state index contributed by atoms with van der Waals surface area (Å²) in [4.78, 5) is 2.36. The lowest BCUT2D eigenvalue weighted by atomic mass is 10.1. The van der Waals surface area contributed by atoms with E-state index in [1.165, 1.54) is 0 Å². The number of likely N-dealkylation sites (tertiary alicyclic amines) is 1. The van der Waals surface area contributed by atoms with E-state index in [1.807, 2.05) is 6.08 Å². The Bertz CT molecular complexity index is 128. The number of piperidine rings is 1. The van der Waals surface area contributed by atoms with E-state index in [2.05, 4.69) is 4.90 Å². The van der Waals surface area contributed by atoms with Crippen LogP contribution >= 0.6 is 23.2 Å². The standard InChI is InChI=1S/C8H13Cl2N/c9-4-1-5-11-6-2-8(10)3-7-11/h1,4,8H,2-3,5-7H2/b4-1+. The average molecular weight is 194 g/mol. The first-order valence-electron chi connectivity index (χ1n) is 3.94. The fourth-order valence-electron chi connectivity index (χ4n) is 1.27. The van der Waals surface area contributed by atoms with E-state index in [4.69, 9.17) is 23.2 Å². The highest BCUT2D eigenvalue weighted by Crippen LogP contribution is 2.14. The summed E-state index contributed by atoms with van der Waals surface area (Å²) in [5.41, 5.74) is 1.58. The molecule has 1 fully saturated rings. The molecule has 3 heteroatoms. The maximum absolute atomic E-state index is 5.95. The van der Waals surface area contributed by atoms with Gasteiger partial charge in [0.2, 0.25) is 0 Å². The van der Waals surface area contributed by atoms with Gasteiger partial charge in [-0.15, -0.1) is 11.6 Å². The summed E-state index contributed by atoms with van der Waals surface area (Å²) in [6.07, 6.45) is 4.19. The molecule has 1 aliphatic heterocycles. The van der Waals surface area contributed by atoms with Crippen molar-refractivity contribution in [2.75, 3.05) is 19.6 Å². The molecule has 0 radical (unpaired) electrons. The van der Waals surface area contributed by atoms with Gasteiger partial charge < -0.3 is 0 Å². The van der Waals surface area contributed by atoms with Gasteiger partial charge in [-0.25, -0.2) is 0 Å². The smallest absolute Gasteiger partial charge is 0.0360 e. The lowest BCUT2D eigenvalue weighted by Gasteiger charge is -2.27. The lowest BCUT2D eigenvalue weighted by Crippen LogP contribution is -2.34. The normalized spacial score (nSPS) is 23.1. The summed E-state index contributed by atoms with van der Waals surface area (Å²) in [5, 5.41) is 0.395. The molecule has 0 spiro atoms. The molecule has 1 nitrogen and oxygen atoms in total. The van der Waals surface area contributed by atoms with Crippen molar-refractivity contribution < 1.29 is 0 Å². The van der Waals surface area contributed by atoms with Crippen molar-refractivity contribution in [1.29, 1.82) is 0 Å². The highest BCUT2D eigenvalue weighted by atomic mass is 35.5. The zero-order valence-electron chi connectivity index (χ0n) is 6.47. The van der Waals surface area contributed by atoms with Gasteiger partial charge in [-0.2, -0.15) is 0 Å². The molecule has 0 aromatic rings. The largest absolute Gasteiger partial charge is 0.300 e. The predicted molar refractivity (Wildman–Crippen MR) is 50.3 cm³/mol. The van der Waals surface area contributed by atoms with Crippen LogP contribution in [0.2, 0.25) is 0 Å². The molecule has 1 rings (SSSR count). The van der Waals surface area contributed by atoms with Crippen LogP contribution in [0.3, 0.4) is 0 Å². The summed E-state index contributed by atoms with van der Waals surface area (Å²) in [6.45, 7) is 3.18. The summed E-state index contributed by atoms with van der Waals surface area (Å²) in [5.74, 6) is 0. The van der Waals surface area contributed by atoms with Crippen molar-refractivity contribution in [2.24, 2.45) is 0 Å². The van der Waals surface area contributed by atoms with Gasteiger partial charge in [0.15, 0.2) is 0 Å². The first kappa shape index (κ1) is 9.37. The van der Waals surface area contributed by atoms with Crippen LogP contribution in [0.4, 0.5) is 0 Å². The topological polar surface area (TPSA) is 3.24 Å². The molecule has 1 saturated heterocycles. The van der Waals surface area contributed by atoms with Crippen LogP contribution in [-0.4, -0.2) is 29.9 Å². The summed E-state index contributed by atoms with van der Waals surface area (Å²) >= 11 is 11.4. The third-order valence-electron chi connectivity index (χ3n) is 1.97. The minimum atomic E-state index is 0.395. The van der Waals surface area contributed by atoms with E-state index in [-0.39, 0.29) is 0 Å². The molecule has 1 aliphatic rings. The Balaban J connectivity index is 2.17. The van der Waals surface area contributed by atoms with E-state index in [0.717, 1.165) is 32.5 Å². The fraction of sp³-hybridized carbons (Fsp3) is 0.750. The molecule has 0 aromatic carbocycles. The second-order valence-electron chi connectivity index (χ2n) is 2.84. The number of halogens is 2. The molecular formula is C8H13Cl2N. The fourth-order valence-corrected chi connectivity index (χ4v) is 1.55. The lowest BCUT2D eigenvalue weighted by molar-refractivity contribution is 0.254. The van der Waals surface area contributed by atoms with E-state index in [0.29, 0.717) is 5.38 Å². The third-order valence-corrected chi connectivity index (χ3v) is 2.58. The number of rotatable bonds is 2. The Kier molecular flexibility index (Phi) is 4.28. The summed E-state index contributed by atoms with van der Waals surface area (Å²) in [7, 11) is 0. The number of hydrogen-bond acceptors (Lipinski definition) is 1. The Morgan fingerprint density at radius 1 is 1.36 bits per heavy atom. The molecule has 64 valence electrons. The molecule has 0 N–H and O–H groups in total. The zero-order chi connectivity index (χ0) is 8.10. The molecule has 0 unspecified atom stereocenters. The molecular weight excluding hydrogens is 181 g/mol. The van der Waals surface area contributed by atoms with Gasteiger partial charge in [0.1, 0.15) is 0 Å². The van der Waals surface area contributed by atoms with Crippen molar-refractivity contribution in [3.63, 3.8) is 0 Å². The third kappa shape index (κ3) is 3.46. The SMILES string of the molecule is Cl/C=C/CN1CCC(Cl)CC1. The molecule has 1 heterocycles. The molecule has 11 heavy (non-hydrogen) atoms. The molecule has 0 aliphatic carbocycles. The Morgan fingerprint density at radius 2 is 2.00 bits per heavy atom. The van der Waals surface area contributed by atoms with Gasteiger partial charge in [0.05, 0.1) is 0 Å². The van der Waals surface area contributed by atoms with Gasteiger partial charge in [0, 0.05) is 17.5 Å². The van der Waals surface area contributed by atoms with Gasteiger partial charge in [-0.3, -0.25) is 4.90 Å². The predicted octanol–water partition coefficient (Wildman–Crippen LogP) is 2.44. The minimum Gasteiger partial charge on any atom is -0.300 e. The molecule has 0 atom stereocenters. The number of hydrogen-bond donors (Lipinski definition) is 0. The number of nitrogens with zero attached hydrogens (tertiary/aromatic N) is 1. The van der Waals surface area contributed by atoms with Crippen molar-refractivity contribution >= 4 is 23.2 Å². The minimum absolute atomic E-state index is 0.395. The van der Waals surface area contributed by atoms with Crippen LogP contribution in [0.15, 0.2) is 11.6 Å². The van der Waals surface area contributed by atoms with Crippen LogP contribution < -0.4 is 0 Å². The molecule has 0 aromatic heterocycles. The first-order chi connectivity index (χ1) is 5.33. The van der Waals surface area contributed by atoms with Crippen molar-refractivity contribution in [3.05, 3.63) is 11.6 Å². The Hall–Kier alpha value is 0.280. The van der Waals surface area contributed by atoms with Gasteiger partial charge in [0.25, 0.3) is 0 Å². The average Bonchev–Trinajstić information content (AvgIpc) is 2.04. The van der Waals surface area contributed by atoms with Crippen LogP contribution in [0.1, 0.15) is 12.8 Å². The summed E-state index contributed by atoms with van der Waals surface area (Å²) < 4.78 is 0. The molecule has 0 amide bonds. The second-order valence-corrected chi connectivity index (χ2v) is 3.71. The highest BCUT2D eigenvalue weighted by molar-refractivity contribution is 6.25. The van der Waals surface area contributed by atoms with Crippen LogP contribution in [-0.2, 0) is 0 Å². The Morgan fingerprint density at radius 3 is 2.55 bits per heavy atom. The Labute approximate surface area is 78.0 Å². The van der Waals surface area contributed by atoms with Crippen LogP contribution in [0, 0.1) is 0 Å². The number of alkyl halides is 1. The monoisotopic (exact) mass is 193 g/mol. The van der Waals surface area contributed by atoms with Crippen LogP contribution in [0.25, 0.3) is 0 Å². The van der Waals surface area contributed by atoms with Crippen molar-refractivity contribution in [2.45, 2.75) is 18.2 Å². The second kappa shape index (κ2) is 5.02. The van der Waals surface area contributed by atoms with Crippen LogP contribution in [0.5, 0.6) is 0 Å². The van der Waals surface area contributed by atoms with E-state index in [9.17, 15) is 0 Å². The van der Waals surface area contributed by atoms with Gasteiger partial charge in [-0.1, -0.05) is 17.7 Å². The maximum atomic E-state index is 5.95. The maximum Gasteiger partial charge on any atom is 0.0360 e. The first-order valence-corrected chi connectivity index (χ1v) is 4.82. The van der Waals surface area contributed by atoms with Crippen molar-refractivity contribution in [3.8, 4) is 0 Å². The van der Waals surface area contributed by atoms with E-state index < -0.39 is 0 Å². The van der Waals surface area contributed by atoms with Crippen molar-refractivity contribution in [1.82, 2.24) is 4.90 Å². The quantitative estimate of drug-likeness (QED) is 0.610. The van der Waals surface area contributed by atoms with E-state index >= 15 is 0 Å². The van der Waals surface area contributed by atoms with Gasteiger partial charge >= 0.3 is 0 Å². The highest BCUT2D eigenvalue weighted by Gasteiger charge is 2.15. The zero-order valence-corrected chi connectivity index (χ0v) is 7.98.